The zero-order valence-corrected chi connectivity index (χ0v) is 18.0. The number of benzene rings is 1. The van der Waals surface area contributed by atoms with Crippen LogP contribution in [-0.4, -0.2) is 33.6 Å². The molecule has 29 heavy (non-hydrogen) atoms. The molecule has 6 nitrogen and oxygen atoms in total. The fourth-order valence-electron chi connectivity index (χ4n) is 3.75. The molecule has 0 radical (unpaired) electrons. The van der Waals surface area contributed by atoms with Crippen LogP contribution >= 0.6 is 11.8 Å². The molecular weight excluding hydrogens is 392 g/mol. The first kappa shape index (κ1) is 21.0. The Kier molecular flexibility index (Phi) is 6.37. The summed E-state index contributed by atoms with van der Waals surface area (Å²) in [6.07, 6.45) is 2.47. The number of ether oxygens (including phenoxy) is 4. The lowest BCUT2D eigenvalue weighted by atomic mass is 9.96. The summed E-state index contributed by atoms with van der Waals surface area (Å²) in [6, 6.07) is 7.16. The zero-order valence-electron chi connectivity index (χ0n) is 17.2. The van der Waals surface area contributed by atoms with Crippen molar-refractivity contribution in [2.24, 2.45) is 0 Å². The van der Waals surface area contributed by atoms with Gasteiger partial charge in [0.25, 0.3) is 0 Å². The summed E-state index contributed by atoms with van der Waals surface area (Å²) in [4.78, 5) is 25.1. The summed E-state index contributed by atoms with van der Waals surface area (Å²) in [5.41, 5.74) is 3.12. The summed E-state index contributed by atoms with van der Waals surface area (Å²) in [7, 11) is 4.70. The van der Waals surface area contributed by atoms with Crippen molar-refractivity contribution >= 4 is 17.7 Å². The monoisotopic (exact) mass is 416 g/mol. The molecular formula is C22H24O6S. The van der Waals surface area contributed by atoms with Gasteiger partial charge in [0.15, 0.2) is 16.9 Å². The number of hydrogen-bond donors (Lipinski definition) is 0. The second-order valence-electron chi connectivity index (χ2n) is 6.60. The lowest BCUT2D eigenvalue weighted by Crippen LogP contribution is -2.10. The molecule has 0 saturated heterocycles. The van der Waals surface area contributed by atoms with Crippen molar-refractivity contribution in [1.29, 1.82) is 0 Å². The highest BCUT2D eigenvalue weighted by atomic mass is 32.2. The average Bonchev–Trinajstić information content (AvgIpc) is 2.95. The largest absolute Gasteiger partial charge is 0.493 e. The number of methoxy groups -OCH3 is 3. The van der Waals surface area contributed by atoms with Crippen molar-refractivity contribution in [2.75, 3.05) is 27.6 Å². The molecule has 2 aromatic carbocycles. The van der Waals surface area contributed by atoms with Crippen LogP contribution in [0.3, 0.4) is 0 Å². The highest BCUT2D eigenvalue weighted by Gasteiger charge is 2.30. The maximum Gasteiger partial charge on any atom is 0.303 e. The van der Waals surface area contributed by atoms with Crippen LogP contribution in [0.1, 0.15) is 30.6 Å². The lowest BCUT2D eigenvalue weighted by molar-refractivity contribution is -0.147. The van der Waals surface area contributed by atoms with Gasteiger partial charge >= 0.3 is 5.97 Å². The normalized spacial score (nSPS) is 14.9. The van der Waals surface area contributed by atoms with Gasteiger partial charge in [-0.3, -0.25) is 9.59 Å². The molecule has 0 amide bonds. The molecule has 0 N–H and O–H groups in total. The van der Waals surface area contributed by atoms with Crippen molar-refractivity contribution < 1.29 is 23.7 Å². The maximum absolute atomic E-state index is 12.7. The van der Waals surface area contributed by atoms with Crippen LogP contribution in [0, 0.1) is 0 Å². The Morgan fingerprint density at radius 2 is 1.79 bits per heavy atom. The minimum Gasteiger partial charge on any atom is -0.493 e. The van der Waals surface area contributed by atoms with Crippen molar-refractivity contribution in [3.8, 4) is 28.4 Å². The van der Waals surface area contributed by atoms with Crippen LogP contribution in [0.5, 0.6) is 17.2 Å². The Hall–Kier alpha value is -2.67. The van der Waals surface area contributed by atoms with E-state index in [-0.39, 0.29) is 5.43 Å². The predicted octanol–water partition coefficient (Wildman–Crippen LogP) is 4.01. The van der Waals surface area contributed by atoms with Crippen molar-refractivity contribution in [3.05, 3.63) is 45.6 Å². The van der Waals surface area contributed by atoms with Crippen molar-refractivity contribution in [1.82, 2.24) is 0 Å². The summed E-state index contributed by atoms with van der Waals surface area (Å²) in [6.45, 7) is 1.37. The minimum absolute atomic E-state index is 0.112. The number of fused-ring (bicyclic) bond motifs is 3. The van der Waals surface area contributed by atoms with E-state index in [4.69, 9.17) is 18.9 Å². The second-order valence-corrected chi connectivity index (χ2v) is 7.44. The van der Waals surface area contributed by atoms with E-state index in [0.29, 0.717) is 40.5 Å². The fraction of sp³-hybridized carbons (Fsp3) is 0.364. The van der Waals surface area contributed by atoms with Gasteiger partial charge < -0.3 is 18.9 Å². The topological polar surface area (TPSA) is 71.1 Å². The molecule has 0 bridgehead atoms. The predicted molar refractivity (Wildman–Crippen MR) is 112 cm³/mol. The van der Waals surface area contributed by atoms with Gasteiger partial charge in [-0.15, -0.1) is 11.8 Å². The number of rotatable bonds is 5. The molecule has 0 saturated carbocycles. The minimum atomic E-state index is -0.536. The smallest absolute Gasteiger partial charge is 0.303 e. The van der Waals surface area contributed by atoms with E-state index < -0.39 is 12.1 Å². The third kappa shape index (κ3) is 3.92. The molecule has 1 aliphatic carbocycles. The first-order valence-electron chi connectivity index (χ1n) is 9.16. The SMILES string of the molecule is COc1cc2c(c(OC)c1OC)-c1ccc(SC)c(=O)cc1C(OC(C)=O)CC2. The van der Waals surface area contributed by atoms with Crippen molar-refractivity contribution in [2.45, 2.75) is 30.8 Å². The van der Waals surface area contributed by atoms with Gasteiger partial charge in [0.1, 0.15) is 6.10 Å². The number of hydrogen-bond acceptors (Lipinski definition) is 7. The van der Waals surface area contributed by atoms with Gasteiger partial charge in [0.2, 0.25) is 5.75 Å². The van der Waals surface area contributed by atoms with Crippen LogP contribution < -0.4 is 19.6 Å². The Bertz CT molecular complexity index is 1000. The van der Waals surface area contributed by atoms with Gasteiger partial charge in [-0.05, 0) is 48.4 Å². The zero-order chi connectivity index (χ0) is 21.1. The average molecular weight is 416 g/mol. The number of esters is 1. The third-order valence-corrected chi connectivity index (χ3v) is 5.75. The van der Waals surface area contributed by atoms with Gasteiger partial charge in [0.05, 0.1) is 26.2 Å². The van der Waals surface area contributed by atoms with Crippen LogP contribution in [0.4, 0.5) is 0 Å². The highest BCUT2D eigenvalue weighted by Crippen LogP contribution is 2.50. The first-order chi connectivity index (χ1) is 13.9. The number of carbonyl (C=O) groups excluding carboxylic acids is 1. The quantitative estimate of drug-likeness (QED) is 0.539. The second kappa shape index (κ2) is 8.78. The highest BCUT2D eigenvalue weighted by molar-refractivity contribution is 7.98. The Morgan fingerprint density at radius 3 is 2.38 bits per heavy atom. The van der Waals surface area contributed by atoms with E-state index in [0.717, 1.165) is 16.7 Å². The molecule has 1 aliphatic rings. The number of thioether (sulfide) groups is 1. The molecule has 1 unspecified atom stereocenters. The van der Waals surface area contributed by atoms with Gasteiger partial charge in [-0.25, -0.2) is 0 Å². The van der Waals surface area contributed by atoms with Gasteiger partial charge in [-0.2, -0.15) is 0 Å². The van der Waals surface area contributed by atoms with Crippen molar-refractivity contribution in [3.63, 3.8) is 0 Å². The van der Waals surface area contributed by atoms with Gasteiger partial charge in [0, 0.05) is 18.1 Å². The van der Waals surface area contributed by atoms with Crippen LogP contribution in [-0.2, 0) is 16.0 Å². The molecule has 154 valence electrons. The van der Waals surface area contributed by atoms with Crippen LogP contribution in [0.2, 0.25) is 0 Å². The molecule has 7 heteroatoms. The first-order valence-corrected chi connectivity index (χ1v) is 10.4. The van der Waals surface area contributed by atoms with E-state index in [1.807, 2.05) is 18.4 Å². The van der Waals surface area contributed by atoms with E-state index in [1.165, 1.54) is 18.7 Å². The molecule has 0 heterocycles. The molecule has 0 aliphatic heterocycles. The van der Waals surface area contributed by atoms with E-state index in [9.17, 15) is 9.59 Å². The maximum atomic E-state index is 12.7. The summed E-state index contributed by atoms with van der Waals surface area (Å²) in [5.74, 6) is 1.17. The van der Waals surface area contributed by atoms with Crippen LogP contribution in [0.25, 0.3) is 11.1 Å². The summed E-state index contributed by atoms with van der Waals surface area (Å²) >= 11 is 1.38. The molecule has 2 aromatic rings. The van der Waals surface area contributed by atoms with Gasteiger partial charge in [-0.1, -0.05) is 6.07 Å². The fourth-order valence-corrected chi connectivity index (χ4v) is 4.22. The standard InChI is InChI=1S/C22H24O6S/c1-12(23)28-17-8-6-13-10-18(25-2)21(26-3)22(27-4)20(13)14-7-9-19(29-5)16(24)11-15(14)17/h7,9-11,17H,6,8H2,1-5H3. The van der Waals surface area contributed by atoms with E-state index in [1.54, 1.807) is 33.5 Å². The lowest BCUT2D eigenvalue weighted by Gasteiger charge is -2.19. The number of aryl methyl sites for hydroxylation is 1. The third-order valence-electron chi connectivity index (χ3n) is 4.97. The molecule has 0 aromatic heterocycles. The van der Waals surface area contributed by atoms with E-state index in [2.05, 4.69) is 0 Å². The Morgan fingerprint density at radius 1 is 1.07 bits per heavy atom. The summed E-state index contributed by atoms with van der Waals surface area (Å²) in [5, 5.41) is 0. The molecule has 0 spiro atoms. The number of carbonyl (C=O) groups is 1. The summed E-state index contributed by atoms with van der Waals surface area (Å²) < 4.78 is 22.4. The van der Waals surface area contributed by atoms with Crippen LogP contribution in [0.15, 0.2) is 34.0 Å². The van der Waals surface area contributed by atoms with E-state index >= 15 is 0 Å². The molecule has 1 atom stereocenters. The molecule has 0 fully saturated rings. The Balaban J connectivity index is 2.41. The Labute approximate surface area is 174 Å². The molecule has 3 rings (SSSR count).